The van der Waals surface area contributed by atoms with Crippen molar-refractivity contribution < 1.29 is 14.4 Å². The van der Waals surface area contributed by atoms with E-state index in [4.69, 9.17) is 0 Å². The van der Waals surface area contributed by atoms with E-state index in [1.807, 2.05) is 37.0 Å². The fraction of sp³-hybridized carbons (Fsp3) is 0.390. The highest BCUT2D eigenvalue weighted by atomic mass is 16.2. The van der Waals surface area contributed by atoms with E-state index in [0.717, 1.165) is 77.7 Å². The van der Waals surface area contributed by atoms with Crippen molar-refractivity contribution in [3.63, 3.8) is 0 Å². The third kappa shape index (κ3) is 7.33. The molecule has 14 heteroatoms. The van der Waals surface area contributed by atoms with Crippen LogP contribution in [0.4, 0.5) is 10.6 Å². The Labute approximate surface area is 319 Å². The number of aromatic nitrogens is 7. The zero-order valence-corrected chi connectivity index (χ0v) is 32.0. The van der Waals surface area contributed by atoms with Crippen LogP contribution in [0, 0.1) is 6.92 Å². The number of aryl methyl sites for hydroxylation is 2. The van der Waals surface area contributed by atoms with Crippen LogP contribution in [0.2, 0.25) is 0 Å². The number of anilines is 1. The maximum atomic E-state index is 12.8. The summed E-state index contributed by atoms with van der Waals surface area (Å²) in [5, 5.41) is 19.9. The predicted molar refractivity (Wildman–Crippen MR) is 210 cm³/mol. The normalized spacial score (nSPS) is 16.0. The number of amides is 4. The molecule has 4 amide bonds. The zero-order valence-electron chi connectivity index (χ0n) is 32.0. The molecule has 0 atom stereocenters. The topological polar surface area (TPSA) is 148 Å². The van der Waals surface area contributed by atoms with Crippen molar-refractivity contribution in [1.29, 1.82) is 0 Å². The zero-order chi connectivity index (χ0) is 38.4. The van der Waals surface area contributed by atoms with Gasteiger partial charge in [-0.3, -0.25) is 29.2 Å². The molecule has 14 nitrogen and oxygen atoms in total. The van der Waals surface area contributed by atoms with Gasteiger partial charge in [-0.25, -0.2) is 14.3 Å². The van der Waals surface area contributed by atoms with E-state index in [2.05, 4.69) is 91.4 Å². The predicted octanol–water partition coefficient (Wildman–Crippen LogP) is 5.34. The molecule has 0 bridgehead atoms. The van der Waals surface area contributed by atoms with E-state index in [1.165, 1.54) is 11.1 Å². The number of nitrogens with zero attached hydrogens (tertiary/aromatic N) is 9. The van der Waals surface area contributed by atoms with Crippen LogP contribution in [0.25, 0.3) is 27.7 Å². The first-order valence-electron chi connectivity index (χ1n) is 19.0. The van der Waals surface area contributed by atoms with Gasteiger partial charge in [-0.1, -0.05) is 18.2 Å². The van der Waals surface area contributed by atoms with Crippen molar-refractivity contribution in [3.05, 3.63) is 95.2 Å². The van der Waals surface area contributed by atoms with Gasteiger partial charge in [0.2, 0.25) is 5.91 Å². The maximum absolute atomic E-state index is 12.8. The Morgan fingerprint density at radius 3 is 2.55 bits per heavy atom. The van der Waals surface area contributed by atoms with Gasteiger partial charge in [0, 0.05) is 56.4 Å². The lowest BCUT2D eigenvalue weighted by molar-refractivity contribution is -0.120. The first-order valence-corrected chi connectivity index (χ1v) is 19.0. The highest BCUT2D eigenvalue weighted by molar-refractivity contribution is 6.08. The van der Waals surface area contributed by atoms with Crippen LogP contribution >= 0.6 is 0 Å². The monoisotopic (exact) mass is 741 g/mol. The number of fused-ring (bicyclic) bond motifs is 2. The van der Waals surface area contributed by atoms with Gasteiger partial charge < -0.3 is 10.2 Å². The number of nitrogens with one attached hydrogen (secondary N) is 2. The van der Waals surface area contributed by atoms with Crippen molar-refractivity contribution in [2.75, 3.05) is 31.1 Å². The quantitative estimate of drug-likeness (QED) is 0.202. The summed E-state index contributed by atoms with van der Waals surface area (Å²) in [5.74, 6) is 0.644. The van der Waals surface area contributed by atoms with Crippen LogP contribution in [0.1, 0.15) is 78.6 Å². The van der Waals surface area contributed by atoms with E-state index in [0.29, 0.717) is 30.4 Å². The lowest BCUT2D eigenvalue weighted by Crippen LogP contribution is -2.49. The Morgan fingerprint density at radius 2 is 1.80 bits per heavy atom. The second kappa shape index (κ2) is 14.4. The van der Waals surface area contributed by atoms with Gasteiger partial charge in [-0.2, -0.15) is 15.3 Å². The first-order chi connectivity index (χ1) is 26.4. The SMILES string of the molecule is Cc1cc(-c2ncnn3cc(CCN4CCC(c5ccc6c(N7CCC(=O)NC7=O)nn(C)c6c5)CC4)cc23)ccc1CNC(=O)c1cnn(C(C)(C)C)c1. The fourth-order valence-electron chi connectivity index (χ4n) is 7.72. The summed E-state index contributed by atoms with van der Waals surface area (Å²) in [6, 6.07) is 14.5. The molecule has 55 heavy (non-hydrogen) atoms. The molecule has 0 radical (unpaired) electrons. The molecule has 0 saturated carbocycles. The molecule has 2 saturated heterocycles. The average molecular weight is 742 g/mol. The number of carbonyl (C=O) groups is 3. The molecular formula is C41H47N11O3. The fourth-order valence-corrected chi connectivity index (χ4v) is 7.72. The number of hydrogen-bond acceptors (Lipinski definition) is 8. The van der Waals surface area contributed by atoms with Gasteiger partial charge in [0.25, 0.3) is 5.91 Å². The molecular weight excluding hydrogens is 695 g/mol. The number of urea groups is 1. The van der Waals surface area contributed by atoms with E-state index in [9.17, 15) is 14.4 Å². The number of rotatable bonds is 9. The summed E-state index contributed by atoms with van der Waals surface area (Å²) in [6.45, 7) is 12.0. The first kappa shape index (κ1) is 36.1. The molecule has 2 aromatic carbocycles. The van der Waals surface area contributed by atoms with E-state index in [-0.39, 0.29) is 23.8 Å². The van der Waals surface area contributed by atoms with Crippen LogP contribution in [0.15, 0.2) is 67.4 Å². The number of likely N-dealkylation sites (tertiary alicyclic amines) is 1. The summed E-state index contributed by atoms with van der Waals surface area (Å²) < 4.78 is 5.55. The molecule has 0 aliphatic carbocycles. The summed E-state index contributed by atoms with van der Waals surface area (Å²) in [7, 11) is 1.90. The minimum atomic E-state index is -0.420. The maximum Gasteiger partial charge on any atom is 0.329 e. The Balaban J connectivity index is 0.874. The summed E-state index contributed by atoms with van der Waals surface area (Å²) in [4.78, 5) is 45.8. The van der Waals surface area contributed by atoms with Crippen molar-refractivity contribution in [2.45, 2.75) is 71.4 Å². The van der Waals surface area contributed by atoms with Gasteiger partial charge in [-0.15, -0.1) is 0 Å². The van der Waals surface area contributed by atoms with Gasteiger partial charge in [0.15, 0.2) is 5.82 Å². The molecule has 4 aromatic heterocycles. The average Bonchev–Trinajstić information content (AvgIpc) is 3.91. The molecule has 2 N–H and O–H groups in total. The number of hydrogen-bond donors (Lipinski definition) is 2. The van der Waals surface area contributed by atoms with Crippen LogP contribution in [-0.4, -0.2) is 83.1 Å². The van der Waals surface area contributed by atoms with E-state index in [1.54, 1.807) is 28.3 Å². The Bertz CT molecular complexity index is 2430. The van der Waals surface area contributed by atoms with Crippen molar-refractivity contribution >= 4 is 40.1 Å². The summed E-state index contributed by atoms with van der Waals surface area (Å²) in [6.07, 6.45) is 10.4. The molecule has 0 unspecified atom stereocenters. The van der Waals surface area contributed by atoms with Crippen molar-refractivity contribution in [3.8, 4) is 11.3 Å². The van der Waals surface area contributed by atoms with Crippen LogP contribution < -0.4 is 15.5 Å². The molecule has 2 aliphatic rings. The second-order valence-electron chi connectivity index (χ2n) is 15.8. The molecule has 6 aromatic rings. The molecule has 0 spiro atoms. The number of imide groups is 1. The molecule has 8 rings (SSSR count). The Hall–Kier alpha value is -5.89. The van der Waals surface area contributed by atoms with Crippen LogP contribution in [-0.2, 0) is 30.3 Å². The van der Waals surface area contributed by atoms with Gasteiger partial charge in [0.1, 0.15) is 6.33 Å². The number of benzene rings is 2. The van der Waals surface area contributed by atoms with E-state index < -0.39 is 6.03 Å². The Kier molecular flexibility index (Phi) is 9.45. The lowest BCUT2D eigenvalue weighted by atomic mass is 9.89. The minimum Gasteiger partial charge on any atom is -0.348 e. The van der Waals surface area contributed by atoms with Crippen molar-refractivity contribution in [2.24, 2.45) is 7.05 Å². The minimum absolute atomic E-state index is 0.147. The smallest absolute Gasteiger partial charge is 0.329 e. The second-order valence-corrected chi connectivity index (χ2v) is 15.8. The largest absolute Gasteiger partial charge is 0.348 e. The molecule has 2 aliphatic heterocycles. The molecule has 284 valence electrons. The molecule has 6 heterocycles. The summed E-state index contributed by atoms with van der Waals surface area (Å²) in [5.41, 5.74) is 8.82. The highest BCUT2D eigenvalue weighted by Crippen LogP contribution is 2.34. The van der Waals surface area contributed by atoms with Crippen LogP contribution in [0.5, 0.6) is 0 Å². The highest BCUT2D eigenvalue weighted by Gasteiger charge is 2.29. The number of carbonyl (C=O) groups excluding carboxylic acids is 3. The van der Waals surface area contributed by atoms with Crippen molar-refractivity contribution in [1.82, 2.24) is 49.7 Å². The van der Waals surface area contributed by atoms with Gasteiger partial charge >= 0.3 is 6.03 Å². The van der Waals surface area contributed by atoms with Gasteiger partial charge in [0.05, 0.1) is 34.0 Å². The summed E-state index contributed by atoms with van der Waals surface area (Å²) >= 11 is 0. The third-order valence-electron chi connectivity index (χ3n) is 11.0. The Morgan fingerprint density at radius 1 is 0.982 bits per heavy atom. The molecule has 2 fully saturated rings. The third-order valence-corrected chi connectivity index (χ3v) is 11.0. The van der Waals surface area contributed by atoms with E-state index >= 15 is 0 Å². The number of piperidine rings is 1. The van der Waals surface area contributed by atoms with Crippen LogP contribution in [0.3, 0.4) is 0 Å². The lowest BCUT2D eigenvalue weighted by Gasteiger charge is -2.32. The standard InChI is InChI=1S/C41H47N11O3/c1-26-18-30(6-7-31(26)21-42-39(54)32-22-44-52(24-32)41(2,3)4)37-35-19-27(23-51(35)45-25-43-37)10-14-49-15-11-28(12-16-49)29-8-9-33-34(20-29)48(5)47-38(33)50-17-13-36(53)46-40(50)55/h6-9,18-20,22-25,28H,10-17,21H2,1-5H3,(H,42,54)(H,46,53,55). The van der Waals surface area contributed by atoms with Gasteiger partial charge in [-0.05, 0) is 112 Å².